The highest BCUT2D eigenvalue weighted by molar-refractivity contribution is 5.55. The van der Waals surface area contributed by atoms with Gasteiger partial charge in [-0.15, -0.1) is 0 Å². The first-order valence-electron chi connectivity index (χ1n) is 7.59. The Morgan fingerprint density at radius 2 is 1.90 bits per heavy atom. The summed E-state index contributed by atoms with van der Waals surface area (Å²) in [6.45, 7) is 5.18. The van der Waals surface area contributed by atoms with Crippen LogP contribution in [0, 0.1) is 28.9 Å². The number of nitro benzene ring substituents is 1. The van der Waals surface area contributed by atoms with Gasteiger partial charge in [0.25, 0.3) is 5.69 Å². The molecule has 0 atom stereocenters. The van der Waals surface area contributed by atoms with Gasteiger partial charge in [-0.25, -0.2) is 0 Å². The number of aryl methyl sites for hydroxylation is 1. The van der Waals surface area contributed by atoms with Crippen molar-refractivity contribution in [2.75, 3.05) is 11.9 Å². The zero-order valence-corrected chi connectivity index (χ0v) is 12.4. The molecule has 0 unspecified atom stereocenters. The lowest BCUT2D eigenvalue weighted by Gasteiger charge is -2.28. The summed E-state index contributed by atoms with van der Waals surface area (Å²) < 4.78 is 0. The first-order valence-corrected chi connectivity index (χ1v) is 7.59. The molecular weight excluding hydrogens is 252 g/mol. The number of nitrogens with zero attached hydrogens (tertiary/aromatic N) is 1. The summed E-state index contributed by atoms with van der Waals surface area (Å²) in [5, 5.41) is 14.2. The molecule has 1 fully saturated rings. The van der Waals surface area contributed by atoms with Crippen LogP contribution < -0.4 is 5.32 Å². The van der Waals surface area contributed by atoms with Gasteiger partial charge in [-0.2, -0.15) is 0 Å². The van der Waals surface area contributed by atoms with Crippen LogP contribution in [-0.2, 0) is 0 Å². The predicted octanol–water partition coefficient (Wildman–Crippen LogP) is 4.53. The van der Waals surface area contributed by atoms with E-state index < -0.39 is 0 Å². The monoisotopic (exact) mass is 276 g/mol. The van der Waals surface area contributed by atoms with E-state index >= 15 is 0 Å². The quantitative estimate of drug-likeness (QED) is 0.635. The minimum Gasteiger partial charge on any atom is -0.385 e. The summed E-state index contributed by atoms with van der Waals surface area (Å²) in [5.41, 5.74) is 2.13. The molecule has 0 spiro atoms. The summed E-state index contributed by atoms with van der Waals surface area (Å²) in [6, 6.07) is 5.03. The van der Waals surface area contributed by atoms with E-state index in [4.69, 9.17) is 0 Å². The van der Waals surface area contributed by atoms with Crippen molar-refractivity contribution in [2.45, 2.75) is 46.0 Å². The maximum atomic E-state index is 10.7. The van der Waals surface area contributed by atoms with E-state index in [1.807, 2.05) is 13.0 Å². The van der Waals surface area contributed by atoms with Crippen molar-refractivity contribution in [3.8, 4) is 0 Å². The highest BCUT2D eigenvalue weighted by Crippen LogP contribution is 2.31. The summed E-state index contributed by atoms with van der Waals surface area (Å²) in [5.74, 6) is 1.67. The second kappa shape index (κ2) is 6.73. The fraction of sp³-hybridized carbons (Fsp3) is 0.625. The Kier molecular flexibility index (Phi) is 4.99. The molecule has 0 amide bonds. The van der Waals surface area contributed by atoms with E-state index in [1.54, 1.807) is 12.1 Å². The van der Waals surface area contributed by atoms with Crippen LogP contribution in [0.25, 0.3) is 0 Å². The summed E-state index contributed by atoms with van der Waals surface area (Å²) in [4.78, 5) is 10.4. The maximum Gasteiger partial charge on any atom is 0.269 e. The van der Waals surface area contributed by atoms with Crippen molar-refractivity contribution >= 4 is 11.4 Å². The summed E-state index contributed by atoms with van der Waals surface area (Å²) >= 11 is 0. The van der Waals surface area contributed by atoms with Gasteiger partial charge >= 0.3 is 0 Å². The van der Waals surface area contributed by atoms with Gasteiger partial charge in [-0.1, -0.05) is 26.2 Å². The minimum absolute atomic E-state index is 0.163. The van der Waals surface area contributed by atoms with E-state index in [0.717, 1.165) is 29.6 Å². The Balaban J connectivity index is 1.87. The smallest absolute Gasteiger partial charge is 0.269 e. The summed E-state index contributed by atoms with van der Waals surface area (Å²) in [7, 11) is 0. The number of nitrogens with one attached hydrogen (secondary N) is 1. The highest BCUT2D eigenvalue weighted by atomic mass is 16.6. The standard InChI is InChI=1S/C16H24N2O2/c1-3-13-4-6-14(7-5-13)11-17-16-9-8-15(18(19)20)10-12(16)2/h8-10,13-14,17H,3-7,11H2,1-2H3. The van der Waals surface area contributed by atoms with Crippen molar-refractivity contribution < 1.29 is 4.92 Å². The van der Waals surface area contributed by atoms with E-state index in [-0.39, 0.29) is 10.6 Å². The molecule has 4 heteroatoms. The molecule has 1 N–H and O–H groups in total. The minimum atomic E-state index is -0.344. The fourth-order valence-corrected chi connectivity index (χ4v) is 3.06. The second-order valence-electron chi connectivity index (χ2n) is 5.93. The molecule has 110 valence electrons. The van der Waals surface area contributed by atoms with Gasteiger partial charge in [0, 0.05) is 24.4 Å². The van der Waals surface area contributed by atoms with E-state index in [0.29, 0.717) is 0 Å². The average molecular weight is 276 g/mol. The van der Waals surface area contributed by atoms with Crippen LogP contribution in [0.5, 0.6) is 0 Å². The number of rotatable bonds is 5. The van der Waals surface area contributed by atoms with Crippen LogP contribution in [0.2, 0.25) is 0 Å². The van der Waals surface area contributed by atoms with Crippen molar-refractivity contribution in [1.82, 2.24) is 0 Å². The predicted molar refractivity (Wildman–Crippen MR) is 82.1 cm³/mol. The van der Waals surface area contributed by atoms with Crippen LogP contribution >= 0.6 is 0 Å². The van der Waals surface area contributed by atoms with Gasteiger partial charge in [-0.3, -0.25) is 10.1 Å². The van der Waals surface area contributed by atoms with Gasteiger partial charge in [0.1, 0.15) is 0 Å². The SMILES string of the molecule is CCC1CCC(CNc2ccc([N+](=O)[O-])cc2C)CC1. The Morgan fingerprint density at radius 3 is 2.45 bits per heavy atom. The van der Waals surface area contributed by atoms with Crippen LogP contribution in [0.3, 0.4) is 0 Å². The Hall–Kier alpha value is -1.58. The van der Waals surface area contributed by atoms with Crippen molar-refractivity contribution in [1.29, 1.82) is 0 Å². The number of hydrogen-bond acceptors (Lipinski definition) is 3. The average Bonchev–Trinajstić information content (AvgIpc) is 2.46. The van der Waals surface area contributed by atoms with Crippen LogP contribution in [0.4, 0.5) is 11.4 Å². The van der Waals surface area contributed by atoms with E-state index in [1.165, 1.54) is 32.1 Å². The largest absolute Gasteiger partial charge is 0.385 e. The van der Waals surface area contributed by atoms with Gasteiger partial charge in [0.05, 0.1) is 4.92 Å². The molecule has 0 heterocycles. The van der Waals surface area contributed by atoms with Gasteiger partial charge in [0.15, 0.2) is 0 Å². The molecule has 0 aromatic heterocycles. The topological polar surface area (TPSA) is 55.2 Å². The second-order valence-corrected chi connectivity index (χ2v) is 5.93. The first-order chi connectivity index (χ1) is 9.60. The molecule has 2 rings (SSSR count). The van der Waals surface area contributed by atoms with Crippen LogP contribution in [-0.4, -0.2) is 11.5 Å². The molecule has 1 aromatic carbocycles. The van der Waals surface area contributed by atoms with E-state index in [2.05, 4.69) is 12.2 Å². The molecule has 4 nitrogen and oxygen atoms in total. The summed E-state index contributed by atoms with van der Waals surface area (Å²) in [6.07, 6.45) is 6.61. The molecule has 1 saturated carbocycles. The number of benzene rings is 1. The van der Waals surface area contributed by atoms with Gasteiger partial charge in [0.2, 0.25) is 0 Å². The molecule has 20 heavy (non-hydrogen) atoms. The van der Waals surface area contributed by atoms with Gasteiger partial charge in [-0.05, 0) is 43.2 Å². The lowest BCUT2D eigenvalue weighted by Crippen LogP contribution is -2.21. The molecule has 1 aliphatic rings. The number of non-ortho nitro benzene ring substituents is 1. The molecule has 0 saturated heterocycles. The van der Waals surface area contributed by atoms with Crippen molar-refractivity contribution in [3.05, 3.63) is 33.9 Å². The molecule has 1 aliphatic carbocycles. The zero-order chi connectivity index (χ0) is 14.5. The lowest BCUT2D eigenvalue weighted by molar-refractivity contribution is -0.384. The van der Waals surface area contributed by atoms with Crippen molar-refractivity contribution in [3.63, 3.8) is 0 Å². The molecule has 0 aliphatic heterocycles. The molecule has 0 radical (unpaired) electrons. The maximum absolute atomic E-state index is 10.7. The fourth-order valence-electron chi connectivity index (χ4n) is 3.06. The first kappa shape index (κ1) is 14.8. The van der Waals surface area contributed by atoms with E-state index in [9.17, 15) is 10.1 Å². The number of nitro groups is 1. The molecular formula is C16H24N2O2. The Labute approximate surface area is 120 Å². The van der Waals surface area contributed by atoms with Crippen LogP contribution in [0.15, 0.2) is 18.2 Å². The zero-order valence-electron chi connectivity index (χ0n) is 12.4. The molecule has 0 bridgehead atoms. The Morgan fingerprint density at radius 1 is 1.25 bits per heavy atom. The third-order valence-electron chi connectivity index (χ3n) is 4.55. The number of hydrogen-bond donors (Lipinski definition) is 1. The Bertz CT molecular complexity index is 466. The normalized spacial score (nSPS) is 22.5. The third kappa shape index (κ3) is 3.71. The third-order valence-corrected chi connectivity index (χ3v) is 4.55. The highest BCUT2D eigenvalue weighted by Gasteiger charge is 2.19. The van der Waals surface area contributed by atoms with Crippen molar-refractivity contribution in [2.24, 2.45) is 11.8 Å². The lowest BCUT2D eigenvalue weighted by atomic mass is 9.81. The van der Waals surface area contributed by atoms with Gasteiger partial charge < -0.3 is 5.32 Å². The van der Waals surface area contributed by atoms with Crippen LogP contribution in [0.1, 0.15) is 44.6 Å². The number of anilines is 1. The molecule has 1 aromatic rings.